The molecule has 0 fully saturated rings. The van der Waals surface area contributed by atoms with Crippen LogP contribution in [0.1, 0.15) is 32.8 Å². The van der Waals surface area contributed by atoms with Gasteiger partial charge in [0.05, 0.1) is 0 Å². The molecule has 0 aliphatic rings. The van der Waals surface area contributed by atoms with Crippen molar-refractivity contribution in [3.05, 3.63) is 28.8 Å². The van der Waals surface area contributed by atoms with Crippen molar-refractivity contribution in [2.75, 3.05) is 11.4 Å². The second-order valence-electron chi connectivity index (χ2n) is 4.02. The van der Waals surface area contributed by atoms with Crippen LogP contribution < -0.4 is 10.6 Å². The Hall–Kier alpha value is -0.730. The first-order chi connectivity index (χ1) is 7.63. The number of nitrogens with zero attached hydrogens (tertiary/aromatic N) is 1. The number of benzene rings is 1. The van der Waals surface area contributed by atoms with Crippen LogP contribution in [0.15, 0.2) is 18.2 Å². The van der Waals surface area contributed by atoms with E-state index in [9.17, 15) is 0 Å². The monoisotopic (exact) mass is 240 g/mol. The molecule has 3 heteroatoms. The Morgan fingerprint density at radius 3 is 2.56 bits per heavy atom. The maximum absolute atomic E-state index is 5.98. The average molecular weight is 241 g/mol. The van der Waals surface area contributed by atoms with Crippen LogP contribution in [0.2, 0.25) is 5.02 Å². The summed E-state index contributed by atoms with van der Waals surface area (Å²) in [6.45, 7) is 8.12. The minimum absolute atomic E-state index is 0.525. The molecule has 0 bridgehead atoms. The Morgan fingerprint density at radius 1 is 1.38 bits per heavy atom. The van der Waals surface area contributed by atoms with Crippen LogP contribution in [-0.2, 0) is 6.54 Å². The summed E-state index contributed by atoms with van der Waals surface area (Å²) in [6.07, 6.45) is 1.13. The van der Waals surface area contributed by atoms with Gasteiger partial charge in [-0.3, -0.25) is 0 Å². The molecule has 1 atom stereocenters. The van der Waals surface area contributed by atoms with Gasteiger partial charge >= 0.3 is 0 Å². The van der Waals surface area contributed by atoms with Crippen molar-refractivity contribution in [3.8, 4) is 0 Å². The van der Waals surface area contributed by atoms with E-state index in [4.69, 9.17) is 17.3 Å². The van der Waals surface area contributed by atoms with Gasteiger partial charge in [0.25, 0.3) is 0 Å². The van der Waals surface area contributed by atoms with Crippen LogP contribution in [-0.4, -0.2) is 12.6 Å². The summed E-state index contributed by atoms with van der Waals surface area (Å²) in [6, 6.07) is 6.49. The van der Waals surface area contributed by atoms with Gasteiger partial charge in [-0.15, -0.1) is 0 Å². The second kappa shape index (κ2) is 6.12. The van der Waals surface area contributed by atoms with Crippen molar-refractivity contribution in [1.29, 1.82) is 0 Å². The van der Waals surface area contributed by atoms with Crippen LogP contribution in [0.3, 0.4) is 0 Å². The number of anilines is 1. The lowest BCUT2D eigenvalue weighted by Crippen LogP contribution is -2.33. The Kier molecular flexibility index (Phi) is 5.10. The minimum Gasteiger partial charge on any atom is -0.369 e. The third-order valence-corrected chi connectivity index (χ3v) is 3.27. The average Bonchev–Trinajstić information content (AvgIpc) is 2.31. The van der Waals surface area contributed by atoms with E-state index in [0.717, 1.165) is 23.6 Å². The van der Waals surface area contributed by atoms with Gasteiger partial charge in [0.15, 0.2) is 0 Å². The molecule has 0 aromatic heterocycles. The fourth-order valence-electron chi connectivity index (χ4n) is 1.94. The molecule has 0 aliphatic carbocycles. The van der Waals surface area contributed by atoms with Gasteiger partial charge in [-0.1, -0.05) is 18.5 Å². The molecule has 2 N–H and O–H groups in total. The fraction of sp³-hybridized carbons (Fsp3) is 0.538. The van der Waals surface area contributed by atoms with Gasteiger partial charge in [0.2, 0.25) is 0 Å². The van der Waals surface area contributed by atoms with Crippen molar-refractivity contribution in [1.82, 2.24) is 0 Å². The molecule has 0 saturated heterocycles. The maximum atomic E-state index is 5.98. The molecule has 90 valence electrons. The van der Waals surface area contributed by atoms with Crippen LogP contribution in [0, 0.1) is 0 Å². The summed E-state index contributed by atoms with van der Waals surface area (Å²) in [5.41, 5.74) is 8.10. The van der Waals surface area contributed by atoms with Crippen molar-refractivity contribution >= 4 is 17.3 Å². The molecular weight excluding hydrogens is 220 g/mol. The largest absolute Gasteiger partial charge is 0.369 e. The zero-order chi connectivity index (χ0) is 12.1. The molecule has 0 heterocycles. The molecular formula is C13H21ClN2. The molecule has 0 saturated carbocycles. The van der Waals surface area contributed by atoms with Gasteiger partial charge in [-0.2, -0.15) is 0 Å². The number of halogens is 1. The summed E-state index contributed by atoms with van der Waals surface area (Å²) in [5.74, 6) is 0. The fourth-order valence-corrected chi connectivity index (χ4v) is 2.13. The highest BCUT2D eigenvalue weighted by Gasteiger charge is 2.14. The molecule has 0 amide bonds. The van der Waals surface area contributed by atoms with Crippen LogP contribution in [0.4, 0.5) is 5.69 Å². The molecule has 2 nitrogen and oxygen atoms in total. The lowest BCUT2D eigenvalue weighted by atomic mass is 10.1. The Bertz CT molecular complexity index is 339. The van der Waals surface area contributed by atoms with Gasteiger partial charge < -0.3 is 10.6 Å². The Balaban J connectivity index is 3.08. The van der Waals surface area contributed by atoms with Crippen LogP contribution >= 0.6 is 11.6 Å². The van der Waals surface area contributed by atoms with E-state index in [1.165, 1.54) is 5.69 Å². The summed E-state index contributed by atoms with van der Waals surface area (Å²) in [7, 11) is 0. The summed E-state index contributed by atoms with van der Waals surface area (Å²) in [4.78, 5) is 2.37. The summed E-state index contributed by atoms with van der Waals surface area (Å²) < 4.78 is 0. The van der Waals surface area contributed by atoms with Crippen LogP contribution in [0.25, 0.3) is 0 Å². The SMILES string of the molecule is CCC(C)N(CC)c1ccc(Cl)cc1CN. The highest BCUT2D eigenvalue weighted by molar-refractivity contribution is 6.30. The number of nitrogens with two attached hydrogens (primary N) is 1. The van der Waals surface area contributed by atoms with Crippen molar-refractivity contribution < 1.29 is 0 Å². The van der Waals surface area contributed by atoms with Crippen LogP contribution in [0.5, 0.6) is 0 Å². The van der Waals surface area contributed by atoms with Gasteiger partial charge in [-0.05, 0) is 44.0 Å². The first-order valence-electron chi connectivity index (χ1n) is 5.89. The molecule has 0 radical (unpaired) electrons. The number of hydrogen-bond acceptors (Lipinski definition) is 2. The molecule has 1 unspecified atom stereocenters. The molecule has 1 rings (SSSR count). The molecule has 0 aliphatic heterocycles. The summed E-state index contributed by atoms with van der Waals surface area (Å²) >= 11 is 5.98. The molecule has 16 heavy (non-hydrogen) atoms. The predicted molar refractivity (Wildman–Crippen MR) is 72.1 cm³/mol. The number of hydrogen-bond donors (Lipinski definition) is 1. The van der Waals surface area contributed by atoms with E-state index >= 15 is 0 Å². The summed E-state index contributed by atoms with van der Waals surface area (Å²) in [5, 5.41) is 0.754. The molecule has 1 aromatic carbocycles. The first kappa shape index (κ1) is 13.3. The van der Waals surface area contributed by atoms with Crippen molar-refractivity contribution in [2.24, 2.45) is 5.73 Å². The van der Waals surface area contributed by atoms with Gasteiger partial charge in [0.1, 0.15) is 0 Å². The van der Waals surface area contributed by atoms with E-state index in [-0.39, 0.29) is 0 Å². The third kappa shape index (κ3) is 2.89. The molecule has 0 spiro atoms. The van der Waals surface area contributed by atoms with Gasteiger partial charge in [-0.25, -0.2) is 0 Å². The standard InChI is InChI=1S/C13H21ClN2/c1-4-10(3)16(5-2)13-7-6-12(14)8-11(13)9-15/h6-8,10H,4-5,9,15H2,1-3H3. The normalized spacial score (nSPS) is 12.6. The van der Waals surface area contributed by atoms with E-state index in [1.54, 1.807) is 0 Å². The smallest absolute Gasteiger partial charge is 0.0415 e. The molecule has 1 aromatic rings. The maximum Gasteiger partial charge on any atom is 0.0415 e. The lowest BCUT2D eigenvalue weighted by Gasteiger charge is -2.31. The Labute approximate surface area is 103 Å². The van der Waals surface area contributed by atoms with Crippen molar-refractivity contribution in [3.63, 3.8) is 0 Å². The third-order valence-electron chi connectivity index (χ3n) is 3.03. The predicted octanol–water partition coefficient (Wildman–Crippen LogP) is 3.42. The topological polar surface area (TPSA) is 29.3 Å². The Morgan fingerprint density at radius 2 is 2.06 bits per heavy atom. The number of rotatable bonds is 5. The first-order valence-corrected chi connectivity index (χ1v) is 6.26. The van der Waals surface area contributed by atoms with E-state index in [1.807, 2.05) is 12.1 Å². The highest BCUT2D eigenvalue weighted by atomic mass is 35.5. The minimum atomic E-state index is 0.525. The van der Waals surface area contributed by atoms with E-state index in [0.29, 0.717) is 12.6 Å². The lowest BCUT2D eigenvalue weighted by molar-refractivity contribution is 0.627. The quantitative estimate of drug-likeness (QED) is 0.855. The highest BCUT2D eigenvalue weighted by Crippen LogP contribution is 2.26. The second-order valence-corrected chi connectivity index (χ2v) is 4.46. The zero-order valence-corrected chi connectivity index (χ0v) is 11.1. The van der Waals surface area contributed by atoms with E-state index in [2.05, 4.69) is 31.7 Å². The van der Waals surface area contributed by atoms with E-state index < -0.39 is 0 Å². The zero-order valence-electron chi connectivity index (χ0n) is 10.3. The van der Waals surface area contributed by atoms with Crippen molar-refractivity contribution in [2.45, 2.75) is 39.8 Å². The van der Waals surface area contributed by atoms with Gasteiger partial charge in [0, 0.05) is 29.8 Å².